The average molecular weight is 297 g/mol. The van der Waals surface area contributed by atoms with Crippen molar-refractivity contribution >= 4 is 11.5 Å². The standard InChI is InChI=1S/C17H15NO4/c1-20-11-4-2-3-10(5-11)13-7-15(19)12-6-16-17(22-9-21-16)8-14(12)18-13/h2-6,8,13,18H,7,9H2,1H3/t13-/m0/s1. The number of hydrogen-bond donors (Lipinski definition) is 1. The van der Waals surface area contributed by atoms with Crippen molar-refractivity contribution in [3.05, 3.63) is 47.5 Å². The van der Waals surface area contributed by atoms with Gasteiger partial charge in [0.25, 0.3) is 0 Å². The molecule has 2 aliphatic rings. The Morgan fingerprint density at radius 1 is 1.18 bits per heavy atom. The molecule has 2 aliphatic heterocycles. The summed E-state index contributed by atoms with van der Waals surface area (Å²) >= 11 is 0. The maximum atomic E-state index is 12.5. The van der Waals surface area contributed by atoms with Crippen molar-refractivity contribution in [1.29, 1.82) is 0 Å². The highest BCUT2D eigenvalue weighted by Gasteiger charge is 2.29. The number of ketones is 1. The number of hydrogen-bond acceptors (Lipinski definition) is 5. The molecule has 0 amide bonds. The summed E-state index contributed by atoms with van der Waals surface area (Å²) in [5.41, 5.74) is 2.47. The van der Waals surface area contributed by atoms with Crippen LogP contribution in [0, 0.1) is 0 Å². The molecule has 0 spiro atoms. The number of anilines is 1. The summed E-state index contributed by atoms with van der Waals surface area (Å²) in [5, 5.41) is 3.41. The van der Waals surface area contributed by atoms with E-state index in [-0.39, 0.29) is 18.6 Å². The van der Waals surface area contributed by atoms with Crippen molar-refractivity contribution in [2.45, 2.75) is 12.5 Å². The first-order valence-corrected chi connectivity index (χ1v) is 7.12. The molecule has 0 aromatic heterocycles. The van der Waals surface area contributed by atoms with E-state index < -0.39 is 0 Å². The van der Waals surface area contributed by atoms with E-state index in [2.05, 4.69) is 5.32 Å². The van der Waals surface area contributed by atoms with Crippen LogP contribution in [0.25, 0.3) is 0 Å². The molecule has 1 atom stereocenters. The second-order valence-electron chi connectivity index (χ2n) is 5.35. The summed E-state index contributed by atoms with van der Waals surface area (Å²) in [5.74, 6) is 2.18. The monoisotopic (exact) mass is 297 g/mol. The van der Waals surface area contributed by atoms with E-state index in [0.717, 1.165) is 17.0 Å². The zero-order chi connectivity index (χ0) is 15.1. The van der Waals surface area contributed by atoms with Gasteiger partial charge in [-0.2, -0.15) is 0 Å². The summed E-state index contributed by atoms with van der Waals surface area (Å²) in [7, 11) is 1.63. The number of ether oxygens (including phenoxy) is 3. The Bertz CT molecular complexity index is 756. The molecular formula is C17H15NO4. The molecular weight excluding hydrogens is 282 g/mol. The van der Waals surface area contributed by atoms with E-state index in [4.69, 9.17) is 14.2 Å². The molecule has 2 aromatic carbocycles. The second-order valence-corrected chi connectivity index (χ2v) is 5.35. The van der Waals surface area contributed by atoms with Gasteiger partial charge in [0.1, 0.15) is 5.75 Å². The van der Waals surface area contributed by atoms with Crippen molar-refractivity contribution in [2.75, 3.05) is 19.2 Å². The van der Waals surface area contributed by atoms with E-state index in [9.17, 15) is 4.79 Å². The van der Waals surface area contributed by atoms with Crippen molar-refractivity contribution in [1.82, 2.24) is 0 Å². The molecule has 2 heterocycles. The van der Waals surface area contributed by atoms with E-state index in [1.54, 1.807) is 13.2 Å². The first-order valence-electron chi connectivity index (χ1n) is 7.12. The van der Waals surface area contributed by atoms with Gasteiger partial charge < -0.3 is 19.5 Å². The van der Waals surface area contributed by atoms with Crippen LogP contribution in [0.2, 0.25) is 0 Å². The summed E-state index contributed by atoms with van der Waals surface area (Å²) < 4.78 is 16.0. The van der Waals surface area contributed by atoms with Crippen molar-refractivity contribution < 1.29 is 19.0 Å². The third kappa shape index (κ3) is 2.06. The van der Waals surface area contributed by atoms with Crippen LogP contribution >= 0.6 is 0 Å². The smallest absolute Gasteiger partial charge is 0.231 e. The number of carbonyl (C=O) groups is 1. The number of Topliss-reactive ketones (excluding diaryl/α,β-unsaturated/α-hetero) is 1. The largest absolute Gasteiger partial charge is 0.497 e. The molecule has 0 radical (unpaired) electrons. The zero-order valence-electron chi connectivity index (χ0n) is 12.1. The first-order chi connectivity index (χ1) is 10.7. The molecule has 112 valence electrons. The van der Waals surface area contributed by atoms with Crippen LogP contribution < -0.4 is 19.5 Å². The van der Waals surface area contributed by atoms with Crippen molar-refractivity contribution in [2.24, 2.45) is 0 Å². The maximum absolute atomic E-state index is 12.5. The zero-order valence-corrected chi connectivity index (χ0v) is 12.1. The van der Waals surface area contributed by atoms with Crippen LogP contribution in [-0.4, -0.2) is 19.7 Å². The van der Waals surface area contributed by atoms with Crippen molar-refractivity contribution in [3.63, 3.8) is 0 Å². The number of carbonyl (C=O) groups excluding carboxylic acids is 1. The van der Waals surface area contributed by atoms with Crippen LogP contribution in [0.1, 0.15) is 28.4 Å². The molecule has 0 aliphatic carbocycles. The van der Waals surface area contributed by atoms with Gasteiger partial charge in [0, 0.05) is 23.7 Å². The van der Waals surface area contributed by atoms with Gasteiger partial charge in [0.2, 0.25) is 6.79 Å². The van der Waals surface area contributed by atoms with E-state index in [0.29, 0.717) is 23.5 Å². The molecule has 2 aromatic rings. The van der Waals surface area contributed by atoms with Gasteiger partial charge in [-0.25, -0.2) is 0 Å². The molecule has 0 saturated heterocycles. The molecule has 22 heavy (non-hydrogen) atoms. The summed E-state index contributed by atoms with van der Waals surface area (Å²) in [4.78, 5) is 12.5. The summed E-state index contributed by atoms with van der Waals surface area (Å²) in [6, 6.07) is 11.3. The van der Waals surface area contributed by atoms with Gasteiger partial charge in [0.15, 0.2) is 17.3 Å². The van der Waals surface area contributed by atoms with E-state index in [1.807, 2.05) is 30.3 Å². The van der Waals surface area contributed by atoms with Gasteiger partial charge in [-0.15, -0.1) is 0 Å². The molecule has 5 heteroatoms. The first kappa shape index (κ1) is 13.0. The minimum atomic E-state index is -0.0736. The van der Waals surface area contributed by atoms with Crippen LogP contribution in [0.4, 0.5) is 5.69 Å². The average Bonchev–Trinajstić information content (AvgIpc) is 3.00. The lowest BCUT2D eigenvalue weighted by molar-refractivity contribution is 0.0972. The molecule has 0 fully saturated rings. The summed E-state index contributed by atoms with van der Waals surface area (Å²) in [6.45, 7) is 0.200. The van der Waals surface area contributed by atoms with Crippen molar-refractivity contribution in [3.8, 4) is 17.2 Å². The Hall–Kier alpha value is -2.69. The third-order valence-corrected chi connectivity index (χ3v) is 4.03. The number of benzene rings is 2. The molecule has 4 rings (SSSR count). The minimum Gasteiger partial charge on any atom is -0.497 e. The fraction of sp³-hybridized carbons (Fsp3) is 0.235. The molecule has 1 N–H and O–H groups in total. The fourth-order valence-electron chi connectivity index (χ4n) is 2.89. The number of fused-ring (bicyclic) bond motifs is 2. The molecule has 0 bridgehead atoms. The normalized spacial score (nSPS) is 18.6. The minimum absolute atomic E-state index is 0.0736. The lowest BCUT2D eigenvalue weighted by atomic mass is 9.92. The van der Waals surface area contributed by atoms with E-state index >= 15 is 0 Å². The van der Waals surface area contributed by atoms with Crippen LogP contribution in [0.3, 0.4) is 0 Å². The van der Waals surface area contributed by atoms with Gasteiger partial charge >= 0.3 is 0 Å². The Morgan fingerprint density at radius 3 is 2.82 bits per heavy atom. The molecule has 0 unspecified atom stereocenters. The Morgan fingerprint density at radius 2 is 2.00 bits per heavy atom. The highest BCUT2D eigenvalue weighted by molar-refractivity contribution is 6.04. The van der Waals surface area contributed by atoms with Gasteiger partial charge in [0.05, 0.1) is 13.2 Å². The van der Waals surface area contributed by atoms with E-state index in [1.165, 1.54) is 0 Å². The second kappa shape index (κ2) is 4.94. The van der Waals surface area contributed by atoms with Crippen LogP contribution in [0.5, 0.6) is 17.2 Å². The third-order valence-electron chi connectivity index (χ3n) is 4.03. The quantitative estimate of drug-likeness (QED) is 0.922. The number of methoxy groups -OCH3 is 1. The number of rotatable bonds is 2. The Labute approximate surface area is 127 Å². The predicted octanol–water partition coefficient (Wildman–Crippen LogP) is 3.16. The maximum Gasteiger partial charge on any atom is 0.231 e. The Balaban J connectivity index is 1.70. The fourth-order valence-corrected chi connectivity index (χ4v) is 2.89. The van der Waals surface area contributed by atoms with Gasteiger partial charge in [-0.3, -0.25) is 4.79 Å². The van der Waals surface area contributed by atoms with Gasteiger partial charge in [-0.05, 0) is 23.8 Å². The Kier molecular flexibility index (Phi) is 2.92. The number of nitrogens with one attached hydrogen (secondary N) is 1. The lowest BCUT2D eigenvalue weighted by Gasteiger charge is -2.27. The SMILES string of the molecule is COc1cccc([C@@H]2CC(=O)c3cc4c(cc3N2)OCO4)c1. The molecule has 0 saturated carbocycles. The van der Waals surface area contributed by atoms with Gasteiger partial charge in [-0.1, -0.05) is 12.1 Å². The highest BCUT2D eigenvalue weighted by atomic mass is 16.7. The predicted molar refractivity (Wildman–Crippen MR) is 80.9 cm³/mol. The highest BCUT2D eigenvalue weighted by Crippen LogP contribution is 2.41. The lowest BCUT2D eigenvalue weighted by Crippen LogP contribution is -2.22. The molecule has 5 nitrogen and oxygen atoms in total. The topological polar surface area (TPSA) is 56.8 Å². The summed E-state index contributed by atoms with van der Waals surface area (Å²) in [6.07, 6.45) is 0.403. The van der Waals surface area contributed by atoms with Crippen LogP contribution in [-0.2, 0) is 0 Å². The van der Waals surface area contributed by atoms with Crippen LogP contribution in [0.15, 0.2) is 36.4 Å².